The molecule has 1 saturated carbocycles. The van der Waals surface area contributed by atoms with Crippen molar-refractivity contribution in [2.24, 2.45) is 17.3 Å². The zero-order valence-electron chi connectivity index (χ0n) is 38.1. The van der Waals surface area contributed by atoms with E-state index in [1.807, 2.05) is 69.6 Å². The second kappa shape index (κ2) is 21.1. The number of hydrogen-bond acceptors (Lipinski definition) is 12. The average molecular weight is 908 g/mol. The number of carbonyl (C=O) groups excluding carboxylic acids is 4. The molecular formula is C49H65N9O6S. The second-order valence-corrected chi connectivity index (χ2v) is 20.0. The molecule has 4 heterocycles. The number of para-hydroxylation sites is 1. The first-order valence-electron chi connectivity index (χ1n) is 23.2. The average Bonchev–Trinajstić information content (AvgIpc) is 3.95. The van der Waals surface area contributed by atoms with Crippen molar-refractivity contribution in [1.29, 1.82) is 0 Å². The number of nitrogens with two attached hydrogens (primary N) is 1. The Kier molecular flexibility index (Phi) is 15.4. The molecule has 2 bridgehead atoms. The quantitative estimate of drug-likeness (QED) is 0.0625. The first-order chi connectivity index (χ1) is 31.2. The molecule has 3 fully saturated rings. The number of aromatic hydroxyl groups is 1. The number of phenols is 1. The van der Waals surface area contributed by atoms with E-state index in [2.05, 4.69) is 36.0 Å². The number of phenolic OH excluding ortho intramolecular Hbond substituents is 1. The minimum absolute atomic E-state index is 0.0235. The van der Waals surface area contributed by atoms with Gasteiger partial charge < -0.3 is 41.7 Å². The van der Waals surface area contributed by atoms with Crippen LogP contribution >= 0.6 is 11.3 Å². The fraction of sp³-hybridized carbons (Fsp3) is 0.531. The van der Waals surface area contributed by atoms with E-state index in [1.54, 1.807) is 29.5 Å². The highest BCUT2D eigenvalue weighted by atomic mass is 32.1. The number of β-amino-alcohol motifs (C(OH)–C–C–N with tert-alkyl or cyclic N) is 1. The van der Waals surface area contributed by atoms with Crippen LogP contribution in [0.4, 0.5) is 11.5 Å². The fourth-order valence-electron chi connectivity index (χ4n) is 9.67. The van der Waals surface area contributed by atoms with Crippen LogP contribution in [0.2, 0.25) is 0 Å². The number of unbranched alkanes of at least 4 members (excludes halogenated alkanes) is 5. The number of rotatable bonds is 18. The third kappa shape index (κ3) is 11.8. The van der Waals surface area contributed by atoms with Gasteiger partial charge in [0.15, 0.2) is 5.82 Å². The normalized spacial score (nSPS) is 21.0. The smallest absolute Gasteiger partial charge is 0.246 e. The highest BCUT2D eigenvalue weighted by molar-refractivity contribution is 7.13. The molecule has 2 saturated heterocycles. The van der Waals surface area contributed by atoms with Crippen molar-refractivity contribution in [2.45, 2.75) is 129 Å². The Morgan fingerprint density at radius 1 is 0.892 bits per heavy atom. The predicted molar refractivity (Wildman–Crippen MR) is 252 cm³/mol. The Hall–Kier alpha value is -5.61. The van der Waals surface area contributed by atoms with Gasteiger partial charge >= 0.3 is 0 Å². The molecule has 7 N–H and O–H groups in total. The zero-order chi connectivity index (χ0) is 46.3. The lowest BCUT2D eigenvalue weighted by atomic mass is 9.85. The number of aromatic nitrogens is 3. The molecule has 2 aromatic carbocycles. The Balaban J connectivity index is 0.790. The van der Waals surface area contributed by atoms with Crippen LogP contribution in [0.25, 0.3) is 21.7 Å². The van der Waals surface area contributed by atoms with Crippen molar-refractivity contribution in [1.82, 2.24) is 36.0 Å². The van der Waals surface area contributed by atoms with Gasteiger partial charge in [0.05, 0.1) is 33.6 Å². The number of nitrogens with one attached hydrogen (secondary N) is 3. The molecular weight excluding hydrogens is 843 g/mol. The molecule has 1 aliphatic carbocycles. The molecule has 0 spiro atoms. The van der Waals surface area contributed by atoms with Gasteiger partial charge in [-0.25, -0.2) is 4.98 Å². The van der Waals surface area contributed by atoms with E-state index in [0.717, 1.165) is 85.4 Å². The third-order valence-electron chi connectivity index (χ3n) is 13.3. The third-order valence-corrected chi connectivity index (χ3v) is 14.2. The number of fused-ring (bicyclic) bond motifs is 2. The summed E-state index contributed by atoms with van der Waals surface area (Å²) in [6.45, 7) is 9.45. The number of anilines is 2. The zero-order valence-corrected chi connectivity index (χ0v) is 38.9. The number of aliphatic hydroxyl groups is 1. The summed E-state index contributed by atoms with van der Waals surface area (Å²) in [6, 6.07) is 15.3. The minimum atomic E-state index is -0.867. The van der Waals surface area contributed by atoms with Crippen LogP contribution in [0.3, 0.4) is 0 Å². The molecule has 3 unspecified atom stereocenters. The van der Waals surface area contributed by atoms with E-state index in [-0.39, 0.29) is 61.4 Å². The maximum Gasteiger partial charge on any atom is 0.246 e. The molecule has 0 radical (unpaired) electrons. The molecule has 16 heteroatoms. The highest BCUT2D eigenvalue weighted by Gasteiger charge is 2.45. The number of benzene rings is 2. The lowest BCUT2D eigenvalue weighted by Crippen LogP contribution is -2.57. The molecule has 2 aromatic heterocycles. The maximum absolute atomic E-state index is 14.0. The predicted octanol–water partition coefficient (Wildman–Crippen LogP) is 6.12. The van der Waals surface area contributed by atoms with Crippen LogP contribution in [-0.4, -0.2) is 97.8 Å². The highest BCUT2D eigenvalue weighted by Crippen LogP contribution is 2.41. The summed E-state index contributed by atoms with van der Waals surface area (Å²) >= 11 is 1.58. The Morgan fingerprint density at radius 2 is 1.55 bits per heavy atom. The van der Waals surface area contributed by atoms with E-state index in [4.69, 9.17) is 5.73 Å². The Labute approximate surface area is 386 Å². The van der Waals surface area contributed by atoms with Crippen molar-refractivity contribution in [3.63, 3.8) is 0 Å². The number of likely N-dealkylation sites (tertiary alicyclic amines) is 1. The van der Waals surface area contributed by atoms with Crippen LogP contribution in [-0.2, 0) is 25.7 Å². The lowest BCUT2D eigenvalue weighted by Gasteiger charge is -2.39. The number of hydrogen-bond donors (Lipinski definition) is 6. The molecule has 5 atom stereocenters. The van der Waals surface area contributed by atoms with Gasteiger partial charge in [-0.1, -0.05) is 82.9 Å². The first kappa shape index (κ1) is 47.4. The van der Waals surface area contributed by atoms with Crippen LogP contribution < -0.4 is 26.6 Å². The maximum atomic E-state index is 14.0. The largest absolute Gasteiger partial charge is 0.507 e. The van der Waals surface area contributed by atoms with Crippen molar-refractivity contribution < 1.29 is 29.4 Å². The van der Waals surface area contributed by atoms with Crippen LogP contribution in [0.1, 0.15) is 103 Å². The topological polar surface area (TPSA) is 216 Å². The van der Waals surface area contributed by atoms with Gasteiger partial charge in [0.25, 0.3) is 0 Å². The fourth-order valence-corrected chi connectivity index (χ4v) is 10.5. The molecule has 4 aromatic rings. The van der Waals surface area contributed by atoms with Crippen molar-refractivity contribution in [3.8, 4) is 27.4 Å². The van der Waals surface area contributed by atoms with Gasteiger partial charge in [-0.15, -0.1) is 21.5 Å². The number of amides is 4. The van der Waals surface area contributed by atoms with Crippen LogP contribution in [0.5, 0.6) is 5.75 Å². The number of carbonyl (C=O) groups is 4. The van der Waals surface area contributed by atoms with E-state index >= 15 is 0 Å². The number of piperidine rings is 1. The monoisotopic (exact) mass is 907 g/mol. The van der Waals surface area contributed by atoms with Crippen LogP contribution in [0, 0.1) is 24.2 Å². The van der Waals surface area contributed by atoms with E-state index < -0.39 is 23.6 Å². The van der Waals surface area contributed by atoms with Gasteiger partial charge in [-0.3, -0.25) is 19.2 Å². The molecule has 4 amide bonds. The first-order valence-corrected chi connectivity index (χ1v) is 24.0. The SMILES string of the molecule is Cc1ncsc1-c1ccc(CNC(=O)[C@@H]2C[C@@H](O)CN2C(=O)C(NC(=O)CCCCCCCCC(=O)NC2C3CCC2CN(c2cc(-c4ccccc4O)nnc2N)C3)C(C)(C)C)cc1. The Morgan fingerprint density at radius 3 is 2.20 bits per heavy atom. The van der Waals surface area contributed by atoms with E-state index in [1.165, 1.54) is 4.90 Å². The van der Waals surface area contributed by atoms with E-state index in [9.17, 15) is 29.4 Å². The molecule has 7 rings (SSSR count). The standard InChI is InChI=1S/C49H65N9O6S/c1-30-44(65-29-52-30)32-19-17-31(18-20-32)25-51-47(63)39-23-35(59)28-58(39)48(64)45(49(2,3)4)54-42(62)16-10-8-6-5-7-9-15-41(61)53-43-33-21-22-34(43)27-57(26-33)38-24-37(55-56-46(38)50)36-13-11-12-14-40(36)60/h11-14,17-20,24,29,33-35,39,43,45,59-60H,5-10,15-16,21-23,25-28H2,1-4H3,(H2,50,56)(H,51,63)(H,53,61)(H,54,62)/t33?,34?,35-,39+,43?,45?/m1/s1. The number of nitrogen functional groups attached to an aromatic ring is 1. The molecule has 348 valence electrons. The summed E-state index contributed by atoms with van der Waals surface area (Å²) in [4.78, 5) is 62.8. The molecule has 3 aliphatic rings. The minimum Gasteiger partial charge on any atom is -0.507 e. The van der Waals surface area contributed by atoms with Crippen molar-refractivity contribution >= 4 is 46.5 Å². The van der Waals surface area contributed by atoms with Gasteiger partial charge in [-0.05, 0) is 79.2 Å². The van der Waals surface area contributed by atoms with Gasteiger partial charge in [-0.2, -0.15) is 0 Å². The Bertz CT molecular complexity index is 2280. The number of nitrogens with zero attached hydrogens (tertiary/aromatic N) is 5. The number of thiazole rings is 1. The summed E-state index contributed by atoms with van der Waals surface area (Å²) in [5.74, 6) is 0.267. The van der Waals surface area contributed by atoms with Gasteiger partial charge in [0.1, 0.15) is 17.8 Å². The van der Waals surface area contributed by atoms with Crippen LogP contribution in [0.15, 0.2) is 60.1 Å². The second-order valence-electron chi connectivity index (χ2n) is 19.2. The van der Waals surface area contributed by atoms with E-state index in [0.29, 0.717) is 41.8 Å². The van der Waals surface area contributed by atoms with Crippen molar-refractivity contribution in [2.75, 3.05) is 30.3 Å². The number of aryl methyl sites for hydroxylation is 1. The summed E-state index contributed by atoms with van der Waals surface area (Å²) in [7, 11) is 0. The summed E-state index contributed by atoms with van der Waals surface area (Å²) in [5, 5.41) is 38.6. The summed E-state index contributed by atoms with van der Waals surface area (Å²) in [5.41, 5.74) is 12.4. The summed E-state index contributed by atoms with van der Waals surface area (Å²) < 4.78 is 0. The molecule has 65 heavy (non-hydrogen) atoms. The molecule has 2 aliphatic heterocycles. The number of aliphatic hydroxyl groups excluding tert-OH is 1. The van der Waals surface area contributed by atoms with Gasteiger partial charge in [0, 0.05) is 57.0 Å². The lowest BCUT2D eigenvalue weighted by molar-refractivity contribution is -0.144. The molecule has 15 nitrogen and oxygen atoms in total. The van der Waals surface area contributed by atoms with Crippen molar-refractivity contribution in [3.05, 3.63) is 71.4 Å². The van der Waals surface area contributed by atoms with Gasteiger partial charge in [0.2, 0.25) is 23.6 Å². The summed E-state index contributed by atoms with van der Waals surface area (Å²) in [6.07, 6.45) is 7.28.